The number of amides is 2. The van der Waals surface area contributed by atoms with Crippen molar-refractivity contribution in [2.24, 2.45) is 5.92 Å². The predicted molar refractivity (Wildman–Crippen MR) is 158 cm³/mol. The highest BCUT2D eigenvalue weighted by molar-refractivity contribution is 5.97. The van der Waals surface area contributed by atoms with Gasteiger partial charge in [0.25, 0.3) is 5.91 Å². The molecule has 2 amide bonds. The number of halogens is 6. The third kappa shape index (κ3) is 8.58. The smallest absolute Gasteiger partial charge is 0.416 e. The van der Waals surface area contributed by atoms with Crippen LogP contribution in [0, 0.1) is 5.92 Å². The monoisotopic (exact) mass is 633 g/mol. The molecule has 0 atom stereocenters. The molecule has 0 radical (unpaired) electrons. The highest BCUT2D eigenvalue weighted by Crippen LogP contribution is 2.36. The van der Waals surface area contributed by atoms with E-state index in [1.54, 1.807) is 38.1 Å². The van der Waals surface area contributed by atoms with Gasteiger partial charge in [0.2, 0.25) is 5.91 Å². The lowest BCUT2D eigenvalue weighted by molar-refractivity contribution is -0.143. The minimum absolute atomic E-state index is 0.0317. The predicted octanol–water partition coefficient (Wildman–Crippen LogP) is 7.58. The number of aromatic nitrogens is 1. The van der Waals surface area contributed by atoms with Crippen LogP contribution in [0.15, 0.2) is 72.9 Å². The summed E-state index contributed by atoms with van der Waals surface area (Å²) in [6.07, 6.45) is -7.94. The molecular formula is C33H33F6N3O3. The maximum atomic E-state index is 13.8. The Balaban J connectivity index is 1.64. The number of methoxy groups -OCH3 is 1. The Hall–Kier alpha value is -4.48. The summed E-state index contributed by atoms with van der Waals surface area (Å²) < 4.78 is 86.3. The largest absolute Gasteiger partial charge is 0.497 e. The molecule has 4 rings (SSSR count). The lowest BCUT2D eigenvalue weighted by atomic mass is 10.0. The Morgan fingerprint density at radius 3 is 2.07 bits per heavy atom. The van der Waals surface area contributed by atoms with Gasteiger partial charge < -0.3 is 19.5 Å². The van der Waals surface area contributed by atoms with Gasteiger partial charge in [-0.1, -0.05) is 44.2 Å². The lowest BCUT2D eigenvalue weighted by Gasteiger charge is -2.29. The van der Waals surface area contributed by atoms with Crippen LogP contribution in [0.5, 0.6) is 5.75 Å². The van der Waals surface area contributed by atoms with E-state index in [2.05, 4.69) is 4.98 Å². The average molecular weight is 634 g/mol. The first kappa shape index (κ1) is 33.4. The van der Waals surface area contributed by atoms with Crippen LogP contribution >= 0.6 is 0 Å². The van der Waals surface area contributed by atoms with Gasteiger partial charge in [0.15, 0.2) is 0 Å². The summed E-state index contributed by atoms with van der Waals surface area (Å²) in [7, 11) is 1.52. The van der Waals surface area contributed by atoms with Gasteiger partial charge >= 0.3 is 12.4 Å². The summed E-state index contributed by atoms with van der Waals surface area (Å²) in [6.45, 7) is 3.23. The zero-order chi connectivity index (χ0) is 32.9. The minimum atomic E-state index is -5.12. The lowest BCUT2D eigenvalue weighted by Crippen LogP contribution is -2.44. The number of nitrogens with zero attached hydrogens (tertiary/aromatic N) is 2. The fourth-order valence-corrected chi connectivity index (χ4v) is 5.02. The van der Waals surface area contributed by atoms with E-state index >= 15 is 0 Å². The normalized spacial score (nSPS) is 12.0. The molecule has 3 aromatic carbocycles. The first-order valence-corrected chi connectivity index (χ1v) is 14.2. The van der Waals surface area contributed by atoms with E-state index in [0.717, 1.165) is 26.9 Å². The van der Waals surface area contributed by atoms with Gasteiger partial charge in [-0.15, -0.1) is 0 Å². The van der Waals surface area contributed by atoms with E-state index in [1.165, 1.54) is 12.0 Å². The fourth-order valence-electron chi connectivity index (χ4n) is 5.02. The highest BCUT2D eigenvalue weighted by atomic mass is 19.4. The summed E-state index contributed by atoms with van der Waals surface area (Å²) in [6, 6.07) is 15.4. The number of rotatable bonds is 11. The molecule has 0 aliphatic carbocycles. The summed E-state index contributed by atoms with van der Waals surface area (Å²) in [5, 5.41) is 0.982. The van der Waals surface area contributed by atoms with Crippen LogP contribution in [-0.2, 0) is 30.1 Å². The summed E-state index contributed by atoms with van der Waals surface area (Å²) in [5.74, 6) is -1.24. The second-order valence-corrected chi connectivity index (χ2v) is 11.1. The van der Waals surface area contributed by atoms with Crippen LogP contribution in [0.2, 0.25) is 0 Å². The second kappa shape index (κ2) is 13.7. The van der Waals surface area contributed by atoms with Gasteiger partial charge in [0.05, 0.1) is 18.2 Å². The van der Waals surface area contributed by atoms with Gasteiger partial charge in [0.1, 0.15) is 12.3 Å². The fraction of sp³-hybridized carbons (Fsp3) is 0.333. The zero-order valence-electron chi connectivity index (χ0n) is 24.9. The first-order chi connectivity index (χ1) is 21.2. The molecule has 0 bridgehead atoms. The van der Waals surface area contributed by atoms with Gasteiger partial charge in [0, 0.05) is 42.3 Å². The number of nitrogens with one attached hydrogen (secondary N) is 1. The molecule has 45 heavy (non-hydrogen) atoms. The third-order valence-corrected chi connectivity index (χ3v) is 7.24. The summed E-state index contributed by atoms with van der Waals surface area (Å²) in [5.41, 5.74) is -1.36. The molecule has 0 saturated heterocycles. The van der Waals surface area contributed by atoms with Crippen LogP contribution in [0.4, 0.5) is 26.3 Å². The van der Waals surface area contributed by atoms with Crippen molar-refractivity contribution in [1.82, 2.24) is 14.8 Å². The Kier molecular flexibility index (Phi) is 10.1. The van der Waals surface area contributed by atoms with Gasteiger partial charge in [-0.2, -0.15) is 26.3 Å². The Morgan fingerprint density at radius 2 is 1.49 bits per heavy atom. The molecule has 1 heterocycles. The Bertz CT molecular complexity index is 1600. The maximum Gasteiger partial charge on any atom is 0.416 e. The highest BCUT2D eigenvalue weighted by Gasteiger charge is 2.38. The van der Waals surface area contributed by atoms with Crippen LogP contribution in [0.1, 0.15) is 46.5 Å². The number of carbonyl (C=O) groups excluding carboxylic acids is 2. The van der Waals surface area contributed by atoms with Crippen molar-refractivity contribution in [3.8, 4) is 5.75 Å². The molecule has 0 aliphatic heterocycles. The minimum Gasteiger partial charge on any atom is -0.497 e. The molecule has 6 nitrogen and oxygen atoms in total. The Morgan fingerprint density at radius 1 is 0.867 bits per heavy atom. The molecule has 1 aromatic heterocycles. The van der Waals surface area contributed by atoms with E-state index in [4.69, 9.17) is 4.74 Å². The molecular weight excluding hydrogens is 600 g/mol. The Labute approximate surface area is 256 Å². The number of alkyl halides is 6. The number of para-hydroxylation sites is 1. The topological polar surface area (TPSA) is 65.6 Å². The van der Waals surface area contributed by atoms with Crippen LogP contribution in [0.25, 0.3) is 10.9 Å². The van der Waals surface area contributed by atoms with Gasteiger partial charge in [-0.25, -0.2) is 0 Å². The van der Waals surface area contributed by atoms with E-state index in [-0.39, 0.29) is 31.6 Å². The molecule has 4 aromatic rings. The zero-order valence-corrected chi connectivity index (χ0v) is 24.9. The molecule has 0 fully saturated rings. The SMILES string of the molecule is COc1ccc(CN(CCc2c[nH]c3ccccc23)C(=O)CN(CC(C)C)C(=O)c2cc(C(F)(F)F)cc(C(F)(F)F)c2)cc1. The number of H-pyrrole nitrogens is 1. The molecule has 240 valence electrons. The number of ether oxygens (including phenoxy) is 1. The standard InChI is InChI=1S/C33H33F6N3O3/c1-21(2)18-42(31(44)24-14-25(32(34,35)36)16-26(15-24)33(37,38)39)20-30(43)41(19-22-8-10-27(45-3)11-9-22)13-12-23-17-40-29-7-5-4-6-28(23)29/h4-11,14-17,21,40H,12-13,18-20H2,1-3H3. The number of hydrogen-bond acceptors (Lipinski definition) is 3. The van der Waals surface area contributed by atoms with Crippen molar-refractivity contribution < 1.29 is 40.7 Å². The first-order valence-electron chi connectivity index (χ1n) is 14.2. The van der Waals surface area contributed by atoms with Gasteiger partial charge in [-0.05, 0) is 59.9 Å². The van der Waals surface area contributed by atoms with Crippen LogP contribution in [-0.4, -0.2) is 53.3 Å². The molecule has 1 N–H and O–H groups in total. The molecule has 12 heteroatoms. The van der Waals surface area contributed by atoms with Crippen molar-refractivity contribution in [3.63, 3.8) is 0 Å². The number of hydrogen-bond donors (Lipinski definition) is 1. The number of aromatic amines is 1. The number of fused-ring (bicyclic) bond motifs is 1. The quantitative estimate of drug-likeness (QED) is 0.173. The van der Waals surface area contributed by atoms with E-state index in [9.17, 15) is 35.9 Å². The van der Waals surface area contributed by atoms with E-state index in [0.29, 0.717) is 24.3 Å². The third-order valence-electron chi connectivity index (χ3n) is 7.24. The molecule has 0 unspecified atom stereocenters. The second-order valence-electron chi connectivity index (χ2n) is 11.1. The molecule has 0 saturated carbocycles. The summed E-state index contributed by atoms with van der Waals surface area (Å²) in [4.78, 5) is 33.1. The number of carbonyl (C=O) groups is 2. The van der Waals surface area contributed by atoms with Crippen LogP contribution < -0.4 is 4.74 Å². The maximum absolute atomic E-state index is 13.8. The van der Waals surface area contributed by atoms with Crippen LogP contribution in [0.3, 0.4) is 0 Å². The molecule has 0 spiro atoms. The van der Waals surface area contributed by atoms with Gasteiger partial charge in [-0.3, -0.25) is 9.59 Å². The van der Waals surface area contributed by atoms with Crippen molar-refractivity contribution in [3.05, 3.63) is 101 Å². The van der Waals surface area contributed by atoms with E-state index in [1.807, 2.05) is 30.5 Å². The van der Waals surface area contributed by atoms with Crippen molar-refractivity contribution in [2.75, 3.05) is 26.7 Å². The van der Waals surface area contributed by atoms with Crippen molar-refractivity contribution in [1.29, 1.82) is 0 Å². The van der Waals surface area contributed by atoms with Crippen molar-refractivity contribution >= 4 is 22.7 Å². The number of benzene rings is 3. The van der Waals surface area contributed by atoms with E-state index < -0.39 is 47.4 Å². The van der Waals surface area contributed by atoms with Crippen molar-refractivity contribution in [2.45, 2.75) is 39.2 Å². The summed E-state index contributed by atoms with van der Waals surface area (Å²) >= 11 is 0. The average Bonchev–Trinajstić information content (AvgIpc) is 3.40. The molecule has 0 aliphatic rings.